The van der Waals surface area contributed by atoms with Crippen LogP contribution in [0.3, 0.4) is 0 Å². The number of likely N-dealkylation sites (N-methyl/N-ethyl adjacent to an activating group) is 1. The Balaban J connectivity index is 1.83. The number of rotatable bonds is 6. The molecule has 132 valence electrons. The average molecular weight is 331 g/mol. The summed E-state index contributed by atoms with van der Waals surface area (Å²) in [6, 6.07) is 2.13. The van der Waals surface area contributed by atoms with Crippen LogP contribution in [0.5, 0.6) is 0 Å². The third-order valence-electron chi connectivity index (χ3n) is 5.04. The van der Waals surface area contributed by atoms with Crippen molar-refractivity contribution in [3.8, 4) is 11.5 Å². The van der Waals surface area contributed by atoms with Crippen molar-refractivity contribution in [1.29, 1.82) is 0 Å². The quantitative estimate of drug-likeness (QED) is 0.884. The molecule has 0 spiro atoms. The van der Waals surface area contributed by atoms with Crippen LogP contribution in [0, 0.1) is 5.92 Å². The molecule has 1 fully saturated rings. The Bertz CT molecular complexity index is 652. The SMILES string of the molecule is CC(C)Cc1cc(-c2nccn2CC2(N(C)C)CCOCC2)n[nH]1. The summed E-state index contributed by atoms with van der Waals surface area (Å²) < 4.78 is 7.82. The number of aromatic nitrogens is 4. The summed E-state index contributed by atoms with van der Waals surface area (Å²) in [6.07, 6.45) is 7.02. The van der Waals surface area contributed by atoms with E-state index in [-0.39, 0.29) is 5.54 Å². The second-order valence-electron chi connectivity index (χ2n) is 7.49. The van der Waals surface area contributed by atoms with Crippen LogP contribution >= 0.6 is 0 Å². The fourth-order valence-electron chi connectivity index (χ4n) is 3.51. The van der Waals surface area contributed by atoms with E-state index in [9.17, 15) is 0 Å². The Hall–Kier alpha value is -1.66. The molecule has 2 aromatic rings. The Morgan fingerprint density at radius 2 is 2.08 bits per heavy atom. The van der Waals surface area contributed by atoms with Gasteiger partial charge in [-0.1, -0.05) is 13.8 Å². The molecule has 0 amide bonds. The summed E-state index contributed by atoms with van der Waals surface area (Å²) >= 11 is 0. The molecular weight excluding hydrogens is 302 g/mol. The highest BCUT2D eigenvalue weighted by atomic mass is 16.5. The molecular formula is C18H29N5O. The molecule has 0 unspecified atom stereocenters. The molecule has 0 bridgehead atoms. The molecule has 6 heteroatoms. The molecule has 0 aromatic carbocycles. The van der Waals surface area contributed by atoms with Crippen molar-refractivity contribution in [1.82, 2.24) is 24.6 Å². The maximum Gasteiger partial charge on any atom is 0.160 e. The van der Waals surface area contributed by atoms with Crippen LogP contribution in [0.4, 0.5) is 0 Å². The minimum atomic E-state index is 0.116. The van der Waals surface area contributed by atoms with E-state index >= 15 is 0 Å². The molecule has 0 saturated carbocycles. The van der Waals surface area contributed by atoms with Crippen LogP contribution in [0.15, 0.2) is 18.5 Å². The summed E-state index contributed by atoms with van der Waals surface area (Å²) in [5, 5.41) is 7.64. The predicted molar refractivity (Wildman–Crippen MR) is 94.8 cm³/mol. The van der Waals surface area contributed by atoms with Crippen LogP contribution in [-0.4, -0.2) is 57.5 Å². The van der Waals surface area contributed by atoms with E-state index in [0.717, 1.165) is 50.5 Å². The van der Waals surface area contributed by atoms with Crippen LogP contribution in [0.2, 0.25) is 0 Å². The van der Waals surface area contributed by atoms with Gasteiger partial charge in [0.25, 0.3) is 0 Å². The molecule has 0 radical (unpaired) electrons. The molecule has 1 saturated heterocycles. The highest BCUT2D eigenvalue weighted by Crippen LogP contribution is 2.29. The minimum Gasteiger partial charge on any atom is -0.381 e. The molecule has 2 aromatic heterocycles. The van der Waals surface area contributed by atoms with Gasteiger partial charge in [-0.3, -0.25) is 5.10 Å². The number of aromatic amines is 1. The third-order valence-corrected chi connectivity index (χ3v) is 5.04. The summed E-state index contributed by atoms with van der Waals surface area (Å²) in [5.74, 6) is 1.55. The van der Waals surface area contributed by atoms with Crippen molar-refractivity contribution in [2.24, 2.45) is 5.92 Å². The maximum absolute atomic E-state index is 5.58. The zero-order valence-corrected chi connectivity index (χ0v) is 15.2. The normalized spacial score (nSPS) is 17.8. The first kappa shape index (κ1) is 17.2. The zero-order chi connectivity index (χ0) is 17.2. The second kappa shape index (κ2) is 7.07. The van der Waals surface area contributed by atoms with Crippen molar-refractivity contribution >= 4 is 0 Å². The first-order valence-corrected chi connectivity index (χ1v) is 8.81. The number of H-pyrrole nitrogens is 1. The van der Waals surface area contributed by atoms with E-state index < -0.39 is 0 Å². The van der Waals surface area contributed by atoms with E-state index in [0.29, 0.717) is 5.92 Å². The lowest BCUT2D eigenvalue weighted by Gasteiger charge is -2.43. The molecule has 1 aliphatic heterocycles. The van der Waals surface area contributed by atoms with Crippen LogP contribution in [0.1, 0.15) is 32.4 Å². The Morgan fingerprint density at radius 3 is 2.75 bits per heavy atom. The van der Waals surface area contributed by atoms with Gasteiger partial charge >= 0.3 is 0 Å². The standard InChI is InChI=1S/C18H29N5O/c1-14(2)11-15-12-16(21-20-15)17-19-7-8-23(17)13-18(22(3)4)5-9-24-10-6-18/h7-8,12,14H,5-6,9-11,13H2,1-4H3,(H,20,21). The maximum atomic E-state index is 5.58. The van der Waals surface area contributed by atoms with Gasteiger partial charge in [0.1, 0.15) is 5.69 Å². The molecule has 0 aliphatic carbocycles. The van der Waals surface area contributed by atoms with Gasteiger partial charge < -0.3 is 14.2 Å². The molecule has 1 aliphatic rings. The zero-order valence-electron chi connectivity index (χ0n) is 15.2. The summed E-state index contributed by atoms with van der Waals surface area (Å²) in [4.78, 5) is 6.91. The number of hydrogen-bond acceptors (Lipinski definition) is 4. The first-order valence-electron chi connectivity index (χ1n) is 8.81. The van der Waals surface area contributed by atoms with E-state index in [2.05, 4.69) is 64.9 Å². The topological polar surface area (TPSA) is 59.0 Å². The number of nitrogens with one attached hydrogen (secondary N) is 1. The highest BCUT2D eigenvalue weighted by molar-refractivity contribution is 5.50. The van der Waals surface area contributed by atoms with Crippen molar-refractivity contribution in [3.63, 3.8) is 0 Å². The third kappa shape index (κ3) is 3.54. The van der Waals surface area contributed by atoms with Crippen LogP contribution in [-0.2, 0) is 17.7 Å². The van der Waals surface area contributed by atoms with E-state index in [4.69, 9.17) is 4.74 Å². The highest BCUT2D eigenvalue weighted by Gasteiger charge is 2.35. The predicted octanol–water partition coefficient (Wildman–Crippen LogP) is 2.58. The molecule has 0 atom stereocenters. The lowest BCUT2D eigenvalue weighted by Crippen LogP contribution is -2.51. The molecule has 3 rings (SSSR count). The monoisotopic (exact) mass is 331 g/mol. The van der Waals surface area contributed by atoms with Gasteiger partial charge in [0.05, 0.1) is 0 Å². The number of nitrogens with zero attached hydrogens (tertiary/aromatic N) is 4. The van der Waals surface area contributed by atoms with Crippen molar-refractivity contribution in [2.45, 2.75) is 45.2 Å². The minimum absolute atomic E-state index is 0.116. The largest absolute Gasteiger partial charge is 0.381 e. The Morgan fingerprint density at radius 1 is 1.33 bits per heavy atom. The van der Waals surface area contributed by atoms with E-state index in [1.165, 1.54) is 5.69 Å². The van der Waals surface area contributed by atoms with Gasteiger partial charge in [-0.05, 0) is 45.3 Å². The van der Waals surface area contributed by atoms with E-state index in [1.807, 2.05) is 6.20 Å². The van der Waals surface area contributed by atoms with Gasteiger partial charge in [0.2, 0.25) is 0 Å². The van der Waals surface area contributed by atoms with Crippen molar-refractivity contribution < 1.29 is 4.74 Å². The lowest BCUT2D eigenvalue weighted by atomic mass is 9.88. The molecule has 3 heterocycles. The van der Waals surface area contributed by atoms with Gasteiger partial charge in [0.15, 0.2) is 5.82 Å². The van der Waals surface area contributed by atoms with Gasteiger partial charge in [-0.15, -0.1) is 0 Å². The molecule has 1 N–H and O–H groups in total. The first-order chi connectivity index (χ1) is 11.5. The Labute approximate surface area is 144 Å². The Kier molecular flexibility index (Phi) is 5.06. The van der Waals surface area contributed by atoms with E-state index in [1.54, 1.807) is 0 Å². The number of ether oxygens (including phenoxy) is 1. The smallest absolute Gasteiger partial charge is 0.160 e. The molecule has 6 nitrogen and oxygen atoms in total. The number of hydrogen-bond donors (Lipinski definition) is 1. The van der Waals surface area contributed by atoms with Crippen molar-refractivity contribution in [2.75, 3.05) is 27.3 Å². The summed E-state index contributed by atoms with van der Waals surface area (Å²) in [6.45, 7) is 6.98. The van der Waals surface area contributed by atoms with Crippen LogP contribution < -0.4 is 0 Å². The fourth-order valence-corrected chi connectivity index (χ4v) is 3.51. The number of imidazole rings is 1. The second-order valence-corrected chi connectivity index (χ2v) is 7.49. The lowest BCUT2D eigenvalue weighted by molar-refractivity contribution is -0.0163. The molecule has 24 heavy (non-hydrogen) atoms. The average Bonchev–Trinajstić information content (AvgIpc) is 3.16. The van der Waals surface area contributed by atoms with Gasteiger partial charge in [-0.2, -0.15) is 5.10 Å². The summed E-state index contributed by atoms with van der Waals surface area (Å²) in [5.41, 5.74) is 2.21. The summed E-state index contributed by atoms with van der Waals surface area (Å²) in [7, 11) is 4.33. The fraction of sp³-hybridized carbons (Fsp3) is 0.667. The van der Waals surface area contributed by atoms with Crippen molar-refractivity contribution in [3.05, 3.63) is 24.2 Å². The van der Waals surface area contributed by atoms with Crippen LogP contribution in [0.25, 0.3) is 11.5 Å². The van der Waals surface area contributed by atoms with Gasteiger partial charge in [0, 0.05) is 43.4 Å². The van der Waals surface area contributed by atoms with Gasteiger partial charge in [-0.25, -0.2) is 4.98 Å².